The molecule has 1 aromatic heterocycles. The van der Waals surface area contributed by atoms with Gasteiger partial charge >= 0.3 is 5.76 Å². The highest BCUT2D eigenvalue weighted by Crippen LogP contribution is 2.24. The van der Waals surface area contributed by atoms with Gasteiger partial charge in [-0.2, -0.15) is 0 Å². The van der Waals surface area contributed by atoms with Crippen molar-refractivity contribution in [3.05, 3.63) is 81.6 Å². The van der Waals surface area contributed by atoms with E-state index in [2.05, 4.69) is 14.7 Å². The summed E-state index contributed by atoms with van der Waals surface area (Å²) in [5.74, 6) is 0.113. The summed E-state index contributed by atoms with van der Waals surface area (Å²) < 4.78 is 9.80. The van der Waals surface area contributed by atoms with Crippen LogP contribution in [0.5, 0.6) is 5.75 Å². The van der Waals surface area contributed by atoms with Gasteiger partial charge in [0, 0.05) is 24.3 Å². The second-order valence-electron chi connectivity index (χ2n) is 6.90. The van der Waals surface area contributed by atoms with Crippen molar-refractivity contribution in [2.24, 2.45) is 0 Å². The highest BCUT2D eigenvalue weighted by molar-refractivity contribution is 5.94. The predicted molar refractivity (Wildman–Crippen MR) is 106 cm³/mol. The lowest BCUT2D eigenvalue weighted by atomic mass is 9.91. The van der Waals surface area contributed by atoms with Crippen molar-refractivity contribution in [2.45, 2.75) is 32.1 Å². The van der Waals surface area contributed by atoms with Crippen molar-refractivity contribution in [1.82, 2.24) is 10.1 Å². The zero-order valence-corrected chi connectivity index (χ0v) is 16.3. The Morgan fingerprint density at radius 3 is 2.28 bits per heavy atom. The van der Waals surface area contributed by atoms with Gasteiger partial charge in [0.05, 0.1) is 7.11 Å². The molecule has 0 amide bonds. The van der Waals surface area contributed by atoms with Gasteiger partial charge in [-0.15, -0.1) is 0 Å². The maximum atomic E-state index is 12.7. The Hall–Kier alpha value is -3.48. The van der Waals surface area contributed by atoms with Crippen LogP contribution in [-0.4, -0.2) is 28.8 Å². The van der Waals surface area contributed by atoms with Gasteiger partial charge in [0.1, 0.15) is 11.5 Å². The number of benzene rings is 2. The van der Waals surface area contributed by atoms with Crippen molar-refractivity contribution in [2.75, 3.05) is 7.11 Å². The van der Waals surface area contributed by atoms with Crippen molar-refractivity contribution in [3.63, 3.8) is 0 Å². The fraction of sp³-hybridized carbons (Fsp3) is 0.273. The minimum Gasteiger partial charge on any atom is -0.497 e. The van der Waals surface area contributed by atoms with Crippen LogP contribution in [0.4, 0.5) is 0 Å². The summed E-state index contributed by atoms with van der Waals surface area (Å²) in [4.78, 5) is 38.0. The SMILES string of the molecule is COc1ccc(CC(CC(=O)Cc2ccc(C(C)=O)cc2)c2noc(=O)[nH]2)cc1. The van der Waals surface area contributed by atoms with Crippen LogP contribution >= 0.6 is 0 Å². The number of aromatic amines is 1. The molecule has 0 spiro atoms. The summed E-state index contributed by atoms with van der Waals surface area (Å²) in [6.45, 7) is 1.50. The third-order valence-electron chi connectivity index (χ3n) is 4.72. The fourth-order valence-electron chi connectivity index (χ4n) is 3.16. The predicted octanol–water partition coefficient (Wildman–Crippen LogP) is 3.10. The molecule has 1 N–H and O–H groups in total. The van der Waals surface area contributed by atoms with E-state index in [1.807, 2.05) is 24.3 Å². The molecule has 1 unspecified atom stereocenters. The van der Waals surface area contributed by atoms with E-state index in [4.69, 9.17) is 4.74 Å². The average Bonchev–Trinajstić information content (AvgIpc) is 3.15. The number of carbonyl (C=O) groups is 2. The van der Waals surface area contributed by atoms with Gasteiger partial charge in [-0.05, 0) is 36.6 Å². The molecule has 0 saturated carbocycles. The van der Waals surface area contributed by atoms with Gasteiger partial charge in [0.2, 0.25) is 0 Å². The first-order chi connectivity index (χ1) is 13.9. The van der Waals surface area contributed by atoms with E-state index in [1.165, 1.54) is 6.92 Å². The molecule has 0 saturated heterocycles. The van der Waals surface area contributed by atoms with Crippen molar-refractivity contribution >= 4 is 11.6 Å². The van der Waals surface area contributed by atoms with Gasteiger partial charge in [0.25, 0.3) is 0 Å². The third kappa shape index (κ3) is 5.51. The van der Waals surface area contributed by atoms with Crippen LogP contribution < -0.4 is 10.5 Å². The minimum absolute atomic E-state index is 0.00272. The molecule has 1 heterocycles. The minimum atomic E-state index is -0.646. The molecule has 150 valence electrons. The van der Waals surface area contributed by atoms with E-state index in [0.29, 0.717) is 17.8 Å². The van der Waals surface area contributed by atoms with Crippen LogP contribution in [0.15, 0.2) is 57.8 Å². The van der Waals surface area contributed by atoms with Crippen molar-refractivity contribution in [1.29, 1.82) is 0 Å². The van der Waals surface area contributed by atoms with Crippen LogP contribution in [0.1, 0.15) is 46.6 Å². The molecule has 7 nitrogen and oxygen atoms in total. The molecular formula is C22H22N2O5. The number of hydrogen-bond acceptors (Lipinski definition) is 6. The van der Waals surface area contributed by atoms with Gasteiger partial charge in [-0.3, -0.25) is 19.1 Å². The Labute approximate surface area is 167 Å². The van der Waals surface area contributed by atoms with E-state index in [1.54, 1.807) is 31.4 Å². The van der Waals surface area contributed by atoms with Crippen LogP contribution in [0.3, 0.4) is 0 Å². The zero-order chi connectivity index (χ0) is 20.8. The van der Waals surface area contributed by atoms with Gasteiger partial charge < -0.3 is 4.74 Å². The summed E-state index contributed by atoms with van der Waals surface area (Å²) in [7, 11) is 1.60. The number of nitrogens with zero attached hydrogens (tertiary/aromatic N) is 1. The molecule has 0 aliphatic heterocycles. The molecule has 0 aliphatic carbocycles. The lowest BCUT2D eigenvalue weighted by Crippen LogP contribution is -2.14. The summed E-state index contributed by atoms with van der Waals surface area (Å²) >= 11 is 0. The first-order valence-electron chi connectivity index (χ1n) is 9.25. The first kappa shape index (κ1) is 20.3. The van der Waals surface area contributed by atoms with Crippen LogP contribution in [-0.2, 0) is 17.6 Å². The van der Waals surface area contributed by atoms with Gasteiger partial charge in [-0.1, -0.05) is 41.6 Å². The van der Waals surface area contributed by atoms with Gasteiger partial charge in [0.15, 0.2) is 11.6 Å². The standard InChI is InChI=1S/C22H22N2O5/c1-14(25)17-7-3-16(4-8-17)12-19(26)13-18(21-23-22(27)29-24-21)11-15-5-9-20(28-2)10-6-15/h3-10,18H,11-13H2,1-2H3,(H,23,24,27). The molecule has 3 aromatic rings. The van der Waals surface area contributed by atoms with Crippen LogP contribution in [0.2, 0.25) is 0 Å². The summed E-state index contributed by atoms with van der Waals surface area (Å²) in [5.41, 5.74) is 2.42. The van der Waals surface area contributed by atoms with Gasteiger partial charge in [-0.25, -0.2) is 4.79 Å². The zero-order valence-electron chi connectivity index (χ0n) is 16.3. The summed E-state index contributed by atoms with van der Waals surface area (Å²) in [5, 5.41) is 3.78. The van der Waals surface area contributed by atoms with E-state index in [9.17, 15) is 14.4 Å². The number of hydrogen-bond donors (Lipinski definition) is 1. The average molecular weight is 394 g/mol. The maximum absolute atomic E-state index is 12.7. The topological polar surface area (TPSA) is 102 Å². The largest absolute Gasteiger partial charge is 0.497 e. The molecule has 0 fully saturated rings. The van der Waals surface area contributed by atoms with E-state index < -0.39 is 5.76 Å². The summed E-state index contributed by atoms with van der Waals surface area (Å²) in [6.07, 6.45) is 0.948. The number of Topliss-reactive ketones (excluding diaryl/α,β-unsaturated/α-hetero) is 2. The summed E-state index contributed by atoms with van der Waals surface area (Å²) in [6, 6.07) is 14.5. The smallest absolute Gasteiger partial charge is 0.438 e. The molecular weight excluding hydrogens is 372 g/mol. The highest BCUT2D eigenvalue weighted by atomic mass is 16.5. The van der Waals surface area contributed by atoms with Crippen LogP contribution in [0.25, 0.3) is 0 Å². The highest BCUT2D eigenvalue weighted by Gasteiger charge is 2.21. The molecule has 3 rings (SSSR count). The van der Waals surface area contributed by atoms with Crippen molar-refractivity contribution < 1.29 is 18.8 Å². The Bertz CT molecular complexity index is 1030. The second kappa shape index (κ2) is 9.14. The molecule has 29 heavy (non-hydrogen) atoms. The Morgan fingerprint density at radius 1 is 1.07 bits per heavy atom. The third-order valence-corrected chi connectivity index (χ3v) is 4.72. The number of rotatable bonds is 9. The Morgan fingerprint density at radius 2 is 1.72 bits per heavy atom. The number of methoxy groups -OCH3 is 1. The van der Waals surface area contributed by atoms with Crippen molar-refractivity contribution in [3.8, 4) is 5.75 Å². The fourth-order valence-corrected chi connectivity index (χ4v) is 3.16. The monoisotopic (exact) mass is 394 g/mol. The van der Waals surface area contributed by atoms with Crippen LogP contribution in [0, 0.1) is 0 Å². The number of carbonyl (C=O) groups excluding carboxylic acids is 2. The molecule has 0 bridgehead atoms. The number of aromatic nitrogens is 2. The maximum Gasteiger partial charge on any atom is 0.438 e. The number of H-pyrrole nitrogens is 1. The first-order valence-corrected chi connectivity index (χ1v) is 9.25. The quantitative estimate of drug-likeness (QED) is 0.560. The Balaban J connectivity index is 1.72. The number of ketones is 2. The molecule has 7 heteroatoms. The molecule has 1 atom stereocenters. The normalized spacial score (nSPS) is 11.8. The number of nitrogens with one attached hydrogen (secondary N) is 1. The number of ether oxygens (including phenoxy) is 1. The molecule has 0 aliphatic rings. The Kier molecular flexibility index (Phi) is 6.39. The molecule has 2 aromatic carbocycles. The second-order valence-corrected chi connectivity index (χ2v) is 6.90. The van der Waals surface area contributed by atoms with E-state index in [0.717, 1.165) is 16.9 Å². The molecule has 0 radical (unpaired) electrons. The van der Waals surface area contributed by atoms with E-state index in [-0.39, 0.29) is 30.3 Å². The van der Waals surface area contributed by atoms with E-state index >= 15 is 0 Å². The lowest BCUT2D eigenvalue weighted by molar-refractivity contribution is -0.118. The lowest BCUT2D eigenvalue weighted by Gasteiger charge is -2.13.